The molecule has 0 saturated heterocycles. The number of benzene rings is 3. The molecule has 0 amide bonds. The molecule has 9 heteroatoms. The van der Waals surface area contributed by atoms with Crippen LogP contribution < -0.4 is 13.8 Å². The van der Waals surface area contributed by atoms with Crippen molar-refractivity contribution in [1.29, 1.82) is 0 Å². The van der Waals surface area contributed by atoms with Crippen LogP contribution in [0.3, 0.4) is 0 Å². The number of hydrogen-bond acceptors (Lipinski definition) is 5. The molecule has 0 saturated carbocycles. The van der Waals surface area contributed by atoms with Crippen LogP contribution in [0.5, 0.6) is 11.5 Å². The summed E-state index contributed by atoms with van der Waals surface area (Å²) in [7, 11) is -1.25. The monoisotopic (exact) mass is 538 g/mol. The van der Waals surface area contributed by atoms with Gasteiger partial charge in [0.25, 0.3) is 10.0 Å². The Morgan fingerprint density at radius 3 is 2.29 bits per heavy atom. The van der Waals surface area contributed by atoms with E-state index in [-0.39, 0.29) is 29.2 Å². The molecule has 0 radical (unpaired) electrons. The third-order valence-electron chi connectivity index (χ3n) is 6.20. The van der Waals surface area contributed by atoms with Crippen molar-refractivity contribution in [2.75, 3.05) is 25.1 Å². The van der Waals surface area contributed by atoms with Crippen LogP contribution in [-0.4, -0.2) is 34.2 Å². The standard InChI is InChI=1S/C29H28F2N2O4S/c1-20-9-11-27(22(16-20)17-24-25(30)7-4-8-26(24)31)33(15-13-21-6-5-14-32-19-21)38(34,35)23-10-12-28(36-2)29(18-23)37-3/h4-12,14,16,18-19H,13,15,17H2,1-3H3. The van der Waals surface area contributed by atoms with Crippen molar-refractivity contribution in [3.63, 3.8) is 0 Å². The predicted molar refractivity (Wildman–Crippen MR) is 142 cm³/mol. The first-order valence-corrected chi connectivity index (χ1v) is 13.3. The highest BCUT2D eigenvalue weighted by atomic mass is 32.2. The average molecular weight is 539 g/mol. The van der Waals surface area contributed by atoms with Gasteiger partial charge in [0, 0.05) is 37.0 Å². The van der Waals surface area contributed by atoms with Gasteiger partial charge < -0.3 is 9.47 Å². The molecule has 0 atom stereocenters. The molecule has 0 bridgehead atoms. The molecule has 0 aliphatic carbocycles. The van der Waals surface area contributed by atoms with Crippen LogP contribution in [0, 0.1) is 18.6 Å². The summed E-state index contributed by atoms with van der Waals surface area (Å²) in [6, 6.07) is 16.9. The molecule has 198 valence electrons. The first kappa shape index (κ1) is 27.1. The Kier molecular flexibility index (Phi) is 8.26. The second kappa shape index (κ2) is 11.6. The topological polar surface area (TPSA) is 68.7 Å². The third kappa shape index (κ3) is 5.78. The van der Waals surface area contributed by atoms with E-state index in [1.807, 2.05) is 13.0 Å². The maximum Gasteiger partial charge on any atom is 0.264 e. The van der Waals surface area contributed by atoms with Crippen LogP contribution in [-0.2, 0) is 22.9 Å². The molecule has 0 fully saturated rings. The lowest BCUT2D eigenvalue weighted by Crippen LogP contribution is -2.34. The minimum atomic E-state index is -4.14. The van der Waals surface area contributed by atoms with Gasteiger partial charge in [-0.3, -0.25) is 9.29 Å². The second-order valence-corrected chi connectivity index (χ2v) is 10.6. The minimum absolute atomic E-state index is 0.00932. The quantitative estimate of drug-likeness (QED) is 0.259. The highest BCUT2D eigenvalue weighted by Gasteiger charge is 2.28. The zero-order chi connectivity index (χ0) is 27.3. The predicted octanol–water partition coefficient (Wildman–Crippen LogP) is 5.71. The van der Waals surface area contributed by atoms with Crippen LogP contribution >= 0.6 is 0 Å². The van der Waals surface area contributed by atoms with E-state index in [4.69, 9.17) is 9.47 Å². The second-order valence-electron chi connectivity index (χ2n) is 8.71. The number of rotatable bonds is 10. The van der Waals surface area contributed by atoms with Crippen LogP contribution in [0.4, 0.5) is 14.5 Å². The van der Waals surface area contributed by atoms with Crippen molar-refractivity contribution in [3.8, 4) is 11.5 Å². The van der Waals surface area contributed by atoms with Gasteiger partial charge in [0.05, 0.1) is 24.8 Å². The first-order chi connectivity index (χ1) is 18.2. The minimum Gasteiger partial charge on any atom is -0.493 e. The highest BCUT2D eigenvalue weighted by Crippen LogP contribution is 2.34. The number of aryl methyl sites for hydroxylation is 1. The Bertz CT molecular complexity index is 1510. The summed E-state index contributed by atoms with van der Waals surface area (Å²) < 4.78 is 69.3. The Labute approximate surface area is 221 Å². The number of sulfonamides is 1. The Hall–Kier alpha value is -3.98. The van der Waals surface area contributed by atoms with E-state index in [1.165, 1.54) is 54.9 Å². The molecule has 0 aliphatic heterocycles. The number of pyridine rings is 1. The lowest BCUT2D eigenvalue weighted by Gasteiger charge is -2.27. The molecule has 1 aromatic heterocycles. The molecular formula is C29H28F2N2O4S. The molecule has 4 aromatic rings. The summed E-state index contributed by atoms with van der Waals surface area (Å²) in [5, 5.41) is 0. The summed E-state index contributed by atoms with van der Waals surface area (Å²) in [5.74, 6) is -0.734. The molecule has 4 rings (SSSR count). The number of methoxy groups -OCH3 is 2. The zero-order valence-corrected chi connectivity index (χ0v) is 22.1. The Morgan fingerprint density at radius 2 is 1.63 bits per heavy atom. The van der Waals surface area contributed by atoms with Gasteiger partial charge >= 0.3 is 0 Å². The maximum absolute atomic E-state index is 14.6. The van der Waals surface area contributed by atoms with E-state index in [0.29, 0.717) is 23.4 Å². The van der Waals surface area contributed by atoms with Gasteiger partial charge in [-0.25, -0.2) is 17.2 Å². The van der Waals surface area contributed by atoms with Crippen molar-refractivity contribution in [3.05, 3.63) is 113 Å². The Balaban J connectivity index is 1.84. The smallest absolute Gasteiger partial charge is 0.264 e. The lowest BCUT2D eigenvalue weighted by molar-refractivity contribution is 0.354. The fourth-order valence-electron chi connectivity index (χ4n) is 4.24. The van der Waals surface area contributed by atoms with Crippen molar-refractivity contribution in [2.24, 2.45) is 0 Å². The Morgan fingerprint density at radius 1 is 0.895 bits per heavy atom. The maximum atomic E-state index is 14.6. The van der Waals surface area contributed by atoms with E-state index in [1.54, 1.807) is 36.7 Å². The fraction of sp³-hybridized carbons (Fsp3) is 0.207. The van der Waals surface area contributed by atoms with Gasteiger partial charge in [-0.1, -0.05) is 29.8 Å². The molecule has 3 aromatic carbocycles. The van der Waals surface area contributed by atoms with Crippen molar-refractivity contribution in [2.45, 2.75) is 24.7 Å². The van der Waals surface area contributed by atoms with Gasteiger partial charge in [0.15, 0.2) is 11.5 Å². The molecule has 38 heavy (non-hydrogen) atoms. The van der Waals surface area contributed by atoms with Gasteiger partial charge in [-0.15, -0.1) is 0 Å². The highest BCUT2D eigenvalue weighted by molar-refractivity contribution is 7.92. The molecule has 1 heterocycles. The summed E-state index contributed by atoms with van der Waals surface area (Å²) in [6.07, 6.45) is 3.55. The van der Waals surface area contributed by atoms with Crippen LogP contribution in [0.1, 0.15) is 22.3 Å². The summed E-state index contributed by atoms with van der Waals surface area (Å²) in [5.41, 5.74) is 2.35. The van der Waals surface area contributed by atoms with Gasteiger partial charge in [-0.05, 0) is 60.9 Å². The van der Waals surface area contributed by atoms with E-state index in [0.717, 1.165) is 11.1 Å². The summed E-state index contributed by atoms with van der Waals surface area (Å²) in [6.45, 7) is 1.91. The van der Waals surface area contributed by atoms with Gasteiger partial charge in [0.1, 0.15) is 11.6 Å². The number of aromatic nitrogens is 1. The average Bonchev–Trinajstić information content (AvgIpc) is 2.92. The van der Waals surface area contributed by atoms with E-state index < -0.39 is 21.7 Å². The van der Waals surface area contributed by atoms with Crippen LogP contribution in [0.25, 0.3) is 0 Å². The van der Waals surface area contributed by atoms with Crippen molar-refractivity contribution < 1.29 is 26.7 Å². The number of hydrogen-bond donors (Lipinski definition) is 0. The SMILES string of the molecule is COc1ccc(S(=O)(=O)N(CCc2cccnc2)c2ccc(C)cc2Cc2c(F)cccc2F)cc1OC. The number of anilines is 1. The lowest BCUT2D eigenvalue weighted by atomic mass is 10.00. The third-order valence-corrected chi connectivity index (χ3v) is 8.01. The molecule has 0 spiro atoms. The molecular weight excluding hydrogens is 510 g/mol. The summed E-state index contributed by atoms with van der Waals surface area (Å²) in [4.78, 5) is 4.11. The van der Waals surface area contributed by atoms with Crippen LogP contribution in [0.15, 0.2) is 84.0 Å². The van der Waals surface area contributed by atoms with E-state index in [9.17, 15) is 17.2 Å². The van der Waals surface area contributed by atoms with Crippen LogP contribution in [0.2, 0.25) is 0 Å². The van der Waals surface area contributed by atoms with E-state index >= 15 is 0 Å². The fourth-order valence-corrected chi connectivity index (χ4v) is 5.76. The normalized spacial score (nSPS) is 11.3. The van der Waals surface area contributed by atoms with Gasteiger partial charge in [0.2, 0.25) is 0 Å². The van der Waals surface area contributed by atoms with E-state index in [2.05, 4.69) is 4.98 Å². The first-order valence-electron chi connectivity index (χ1n) is 11.9. The molecule has 0 aliphatic rings. The number of nitrogens with zero attached hydrogens (tertiary/aromatic N) is 2. The number of ether oxygens (including phenoxy) is 2. The van der Waals surface area contributed by atoms with Crippen molar-refractivity contribution >= 4 is 15.7 Å². The zero-order valence-electron chi connectivity index (χ0n) is 21.3. The van der Waals surface area contributed by atoms with Gasteiger partial charge in [-0.2, -0.15) is 0 Å². The largest absolute Gasteiger partial charge is 0.493 e. The van der Waals surface area contributed by atoms with Crippen molar-refractivity contribution in [1.82, 2.24) is 4.98 Å². The number of halogens is 2. The molecule has 6 nitrogen and oxygen atoms in total. The summed E-state index contributed by atoms with van der Waals surface area (Å²) >= 11 is 0. The molecule has 0 N–H and O–H groups in total. The molecule has 0 unspecified atom stereocenters.